The van der Waals surface area contributed by atoms with Crippen LogP contribution in [-0.2, 0) is 14.4 Å². The molecule has 3 amide bonds. The second kappa shape index (κ2) is 11.2. The maximum absolute atomic E-state index is 14.5. The number of rotatable bonds is 7. The van der Waals surface area contributed by atoms with Crippen molar-refractivity contribution in [1.29, 1.82) is 5.26 Å². The number of alkyl halides is 2. The zero-order valence-corrected chi connectivity index (χ0v) is 22.2. The first-order valence-corrected chi connectivity index (χ1v) is 13.2. The summed E-state index contributed by atoms with van der Waals surface area (Å²) in [5, 5.41) is 12.0. The highest BCUT2D eigenvalue weighted by molar-refractivity contribution is 6.31. The third-order valence-corrected chi connectivity index (χ3v) is 7.43. The minimum atomic E-state index is -2.91. The van der Waals surface area contributed by atoms with E-state index in [1.54, 1.807) is 12.1 Å². The number of halogens is 4. The summed E-state index contributed by atoms with van der Waals surface area (Å²) in [6.07, 6.45) is 0.237. The highest BCUT2D eigenvalue weighted by atomic mass is 35.5. The topological polar surface area (TPSA) is 106 Å². The quantitative estimate of drug-likeness (QED) is 0.426. The lowest BCUT2D eigenvalue weighted by Gasteiger charge is -2.39. The van der Waals surface area contributed by atoms with E-state index in [2.05, 4.69) is 10.3 Å². The van der Waals surface area contributed by atoms with Crippen molar-refractivity contribution in [3.05, 3.63) is 88.8 Å². The number of nitrogens with zero attached hydrogens (tertiary/aromatic N) is 4. The van der Waals surface area contributed by atoms with Crippen molar-refractivity contribution in [2.24, 2.45) is 0 Å². The average Bonchev–Trinajstić information content (AvgIpc) is 3.32. The van der Waals surface area contributed by atoms with Gasteiger partial charge in [0.25, 0.3) is 11.8 Å². The van der Waals surface area contributed by atoms with Gasteiger partial charge < -0.3 is 5.32 Å². The molecule has 0 unspecified atom stereocenters. The van der Waals surface area contributed by atoms with E-state index in [0.717, 1.165) is 21.9 Å². The van der Waals surface area contributed by atoms with Crippen LogP contribution in [0.5, 0.6) is 0 Å². The predicted octanol–water partition coefficient (Wildman–Crippen LogP) is 4.93. The van der Waals surface area contributed by atoms with Crippen LogP contribution in [0.4, 0.5) is 24.7 Å². The molecule has 2 fully saturated rings. The maximum Gasteiger partial charge on any atom is 0.252 e. The molecule has 1 aliphatic carbocycles. The van der Waals surface area contributed by atoms with Crippen LogP contribution in [-0.4, -0.2) is 40.7 Å². The van der Waals surface area contributed by atoms with Crippen molar-refractivity contribution in [2.45, 2.75) is 49.7 Å². The summed E-state index contributed by atoms with van der Waals surface area (Å²) in [5.74, 6) is -5.51. The van der Waals surface area contributed by atoms with Crippen LogP contribution < -0.4 is 15.1 Å². The zero-order chi connectivity index (χ0) is 29.3. The second-order valence-electron chi connectivity index (χ2n) is 9.91. The van der Waals surface area contributed by atoms with Gasteiger partial charge in [0, 0.05) is 47.8 Å². The standard InChI is InChI=1S/C29H23ClF3N5O3/c30-22-7-2-1-6-21(22)26(27(40)36-19-14-29(32,33)15-19)37(20-5-3-4-18(31)13-20)28(41)23-8-9-25(39)38(23)24-12-17(16-34)10-11-35-24/h1-7,10-13,19,23,26H,8-9,14-15H2,(H,36,40)/t23-,26+/m0/s1. The van der Waals surface area contributed by atoms with Gasteiger partial charge in [-0.05, 0) is 42.8 Å². The van der Waals surface area contributed by atoms with E-state index in [1.165, 1.54) is 42.6 Å². The van der Waals surface area contributed by atoms with Gasteiger partial charge in [0.1, 0.15) is 23.7 Å². The lowest BCUT2D eigenvalue weighted by molar-refractivity contribution is -0.133. The molecule has 5 rings (SSSR count). The number of anilines is 2. The van der Waals surface area contributed by atoms with Crippen LogP contribution in [0.3, 0.4) is 0 Å². The van der Waals surface area contributed by atoms with Gasteiger partial charge in [-0.15, -0.1) is 0 Å². The third-order valence-electron chi connectivity index (χ3n) is 7.09. The van der Waals surface area contributed by atoms with E-state index in [-0.39, 0.29) is 40.5 Å². The first kappa shape index (κ1) is 28.1. The summed E-state index contributed by atoms with van der Waals surface area (Å²) >= 11 is 6.48. The fourth-order valence-electron chi connectivity index (χ4n) is 5.15. The number of carbonyl (C=O) groups excluding carboxylic acids is 3. The van der Waals surface area contributed by atoms with Gasteiger partial charge in [-0.2, -0.15) is 5.26 Å². The van der Waals surface area contributed by atoms with Crippen LogP contribution in [0.25, 0.3) is 0 Å². The summed E-state index contributed by atoms with van der Waals surface area (Å²) in [6, 6.07) is 12.5. The van der Waals surface area contributed by atoms with Gasteiger partial charge in [-0.3, -0.25) is 24.2 Å². The molecular weight excluding hydrogens is 559 g/mol. The predicted molar refractivity (Wildman–Crippen MR) is 144 cm³/mol. The van der Waals surface area contributed by atoms with E-state index >= 15 is 0 Å². The number of carbonyl (C=O) groups is 3. The number of pyridine rings is 1. The van der Waals surface area contributed by atoms with E-state index in [4.69, 9.17) is 11.6 Å². The van der Waals surface area contributed by atoms with Gasteiger partial charge in [0.05, 0.1) is 11.6 Å². The fourth-order valence-corrected chi connectivity index (χ4v) is 5.39. The van der Waals surface area contributed by atoms with Crippen molar-refractivity contribution < 1.29 is 27.6 Å². The van der Waals surface area contributed by atoms with Gasteiger partial charge in [0.15, 0.2) is 0 Å². The molecule has 0 radical (unpaired) electrons. The summed E-state index contributed by atoms with van der Waals surface area (Å²) < 4.78 is 41.7. The van der Waals surface area contributed by atoms with E-state index in [1.807, 2.05) is 6.07 Å². The lowest BCUT2D eigenvalue weighted by Crippen LogP contribution is -2.56. The number of benzene rings is 2. The van der Waals surface area contributed by atoms with Crippen molar-refractivity contribution in [3.8, 4) is 6.07 Å². The average molecular weight is 582 g/mol. The molecule has 210 valence electrons. The highest BCUT2D eigenvalue weighted by Gasteiger charge is 2.48. The second-order valence-corrected chi connectivity index (χ2v) is 10.3. The van der Waals surface area contributed by atoms with Crippen molar-refractivity contribution in [2.75, 3.05) is 9.80 Å². The molecule has 1 aromatic heterocycles. The first-order valence-electron chi connectivity index (χ1n) is 12.8. The fraction of sp³-hybridized carbons (Fsp3) is 0.276. The third kappa shape index (κ3) is 5.74. The molecule has 12 heteroatoms. The molecule has 0 bridgehead atoms. The molecule has 2 atom stereocenters. The molecular formula is C29H23ClF3N5O3. The molecule has 2 heterocycles. The summed E-state index contributed by atoms with van der Waals surface area (Å²) in [7, 11) is 0. The Hall–Kier alpha value is -4.43. The monoisotopic (exact) mass is 581 g/mol. The SMILES string of the molecule is N#Cc1ccnc(N2C(=O)CC[C@H]2C(=O)N(c2cccc(F)c2)[C@@H](C(=O)NC2CC(F)(F)C2)c2ccccc2Cl)c1. The van der Waals surface area contributed by atoms with Crippen LogP contribution >= 0.6 is 11.6 Å². The molecule has 0 spiro atoms. The van der Waals surface area contributed by atoms with Crippen molar-refractivity contribution >= 4 is 40.8 Å². The van der Waals surface area contributed by atoms with E-state index in [0.29, 0.717) is 0 Å². The molecule has 1 saturated carbocycles. The molecule has 8 nitrogen and oxygen atoms in total. The number of amides is 3. The Morgan fingerprint density at radius 1 is 1.15 bits per heavy atom. The molecule has 41 heavy (non-hydrogen) atoms. The number of nitriles is 1. The smallest absolute Gasteiger partial charge is 0.252 e. The van der Waals surface area contributed by atoms with Gasteiger partial charge >= 0.3 is 0 Å². The van der Waals surface area contributed by atoms with Crippen LogP contribution in [0.2, 0.25) is 5.02 Å². The number of aromatic nitrogens is 1. The van der Waals surface area contributed by atoms with Gasteiger partial charge in [-0.25, -0.2) is 18.2 Å². The van der Waals surface area contributed by atoms with Crippen LogP contribution in [0, 0.1) is 17.1 Å². The summed E-state index contributed by atoms with van der Waals surface area (Å²) in [5.41, 5.74) is 0.386. The Morgan fingerprint density at radius 3 is 2.59 bits per heavy atom. The van der Waals surface area contributed by atoms with E-state index < -0.39 is 60.4 Å². The molecule has 1 N–H and O–H groups in total. The van der Waals surface area contributed by atoms with Gasteiger partial charge in [0.2, 0.25) is 11.8 Å². The lowest BCUT2D eigenvalue weighted by atomic mass is 9.87. The Balaban J connectivity index is 1.61. The minimum Gasteiger partial charge on any atom is -0.351 e. The molecule has 2 aliphatic rings. The molecule has 2 aromatic carbocycles. The van der Waals surface area contributed by atoms with Crippen molar-refractivity contribution in [1.82, 2.24) is 10.3 Å². The first-order chi connectivity index (χ1) is 19.6. The zero-order valence-electron chi connectivity index (χ0n) is 21.4. The Kier molecular flexibility index (Phi) is 7.69. The summed E-state index contributed by atoms with van der Waals surface area (Å²) in [6.45, 7) is 0. The minimum absolute atomic E-state index is 0.00737. The van der Waals surface area contributed by atoms with Crippen LogP contribution in [0.15, 0.2) is 66.9 Å². The Labute approximate surface area is 238 Å². The number of hydrogen-bond acceptors (Lipinski definition) is 5. The highest BCUT2D eigenvalue weighted by Crippen LogP contribution is 2.39. The molecule has 1 saturated heterocycles. The Morgan fingerprint density at radius 2 is 1.90 bits per heavy atom. The molecule has 3 aromatic rings. The normalized spacial score (nSPS) is 18.8. The van der Waals surface area contributed by atoms with Crippen molar-refractivity contribution in [3.63, 3.8) is 0 Å². The van der Waals surface area contributed by atoms with Crippen LogP contribution in [0.1, 0.15) is 42.9 Å². The largest absolute Gasteiger partial charge is 0.351 e. The number of hydrogen-bond donors (Lipinski definition) is 1. The van der Waals surface area contributed by atoms with Gasteiger partial charge in [-0.1, -0.05) is 35.9 Å². The number of nitrogens with one attached hydrogen (secondary N) is 1. The summed E-state index contributed by atoms with van der Waals surface area (Å²) in [4.78, 5) is 47.6. The maximum atomic E-state index is 14.5. The molecule has 1 aliphatic heterocycles. The van der Waals surface area contributed by atoms with E-state index in [9.17, 15) is 32.8 Å². The Bertz CT molecular complexity index is 1550.